The number of hydrogen-bond acceptors (Lipinski definition) is 7. The average Bonchev–Trinajstić information content (AvgIpc) is 3.28. The first-order valence-electron chi connectivity index (χ1n) is 9.92. The predicted molar refractivity (Wildman–Crippen MR) is 117 cm³/mol. The average molecular weight is 442 g/mol. The van der Waals surface area contributed by atoms with Crippen LogP contribution in [0.2, 0.25) is 0 Å². The van der Waals surface area contributed by atoms with Gasteiger partial charge in [0.2, 0.25) is 5.91 Å². The van der Waals surface area contributed by atoms with E-state index in [2.05, 4.69) is 15.5 Å². The summed E-state index contributed by atoms with van der Waals surface area (Å²) in [6, 6.07) is 4.89. The monoisotopic (exact) mass is 442 g/mol. The molecule has 1 aromatic carbocycles. The fourth-order valence-corrected chi connectivity index (χ4v) is 3.38. The zero-order chi connectivity index (χ0) is 23.6. The molecule has 0 saturated carbocycles. The lowest BCUT2D eigenvalue weighted by Gasteiger charge is -2.13. The Hall–Kier alpha value is -3.89. The predicted octanol–water partition coefficient (Wildman–Crippen LogP) is 3.18. The molecule has 0 aliphatic heterocycles. The summed E-state index contributed by atoms with van der Waals surface area (Å²) in [4.78, 5) is 23.4. The molecular formula is C21H26N6O5. The van der Waals surface area contributed by atoms with Crippen LogP contribution in [0.15, 0.2) is 24.4 Å². The largest absolute Gasteiger partial charge is 0.493 e. The molecule has 0 spiro atoms. The van der Waals surface area contributed by atoms with Crippen molar-refractivity contribution in [3.8, 4) is 11.5 Å². The molecule has 0 aliphatic carbocycles. The number of ether oxygens (including phenoxy) is 2. The number of nitro groups is 1. The van der Waals surface area contributed by atoms with Crippen LogP contribution >= 0.6 is 0 Å². The van der Waals surface area contributed by atoms with E-state index in [1.165, 1.54) is 17.8 Å². The molecule has 0 aliphatic rings. The zero-order valence-electron chi connectivity index (χ0n) is 18.9. The molecule has 32 heavy (non-hydrogen) atoms. The molecule has 3 rings (SSSR count). The van der Waals surface area contributed by atoms with Crippen molar-refractivity contribution in [2.45, 2.75) is 40.3 Å². The Labute approximate surface area is 185 Å². The number of methoxy groups -OCH3 is 2. The van der Waals surface area contributed by atoms with Gasteiger partial charge in [-0.15, -0.1) is 0 Å². The van der Waals surface area contributed by atoms with Crippen LogP contribution in [0.5, 0.6) is 11.5 Å². The highest BCUT2D eigenvalue weighted by Gasteiger charge is 2.24. The van der Waals surface area contributed by atoms with E-state index in [4.69, 9.17) is 9.47 Å². The SMILES string of the molecule is COc1ccc(Cn2nc(C)c(NC(=O)C(C)n3cc([N+](=O)[O-])c(C)n3)c2C)cc1OC. The minimum atomic E-state index is -0.740. The third-order valence-electron chi connectivity index (χ3n) is 5.27. The highest BCUT2D eigenvalue weighted by molar-refractivity contribution is 5.94. The molecule has 1 N–H and O–H groups in total. The summed E-state index contributed by atoms with van der Waals surface area (Å²) in [5.41, 5.74) is 3.12. The number of nitrogens with zero attached hydrogens (tertiary/aromatic N) is 5. The van der Waals surface area contributed by atoms with Crippen molar-refractivity contribution >= 4 is 17.3 Å². The van der Waals surface area contributed by atoms with Gasteiger partial charge in [-0.3, -0.25) is 24.3 Å². The highest BCUT2D eigenvalue weighted by Crippen LogP contribution is 2.29. The molecule has 0 fully saturated rings. The van der Waals surface area contributed by atoms with Gasteiger partial charge in [0, 0.05) is 0 Å². The smallest absolute Gasteiger partial charge is 0.309 e. The van der Waals surface area contributed by atoms with E-state index in [0.29, 0.717) is 29.4 Å². The molecule has 11 heteroatoms. The topological polar surface area (TPSA) is 126 Å². The maximum Gasteiger partial charge on any atom is 0.309 e. The summed E-state index contributed by atoms with van der Waals surface area (Å²) >= 11 is 0. The van der Waals surface area contributed by atoms with Crippen molar-refractivity contribution < 1.29 is 19.2 Å². The lowest BCUT2D eigenvalue weighted by molar-refractivity contribution is -0.385. The van der Waals surface area contributed by atoms with Crippen molar-refractivity contribution in [3.63, 3.8) is 0 Å². The number of hydrogen-bond donors (Lipinski definition) is 1. The molecule has 2 heterocycles. The number of aryl methyl sites for hydroxylation is 2. The molecule has 1 atom stereocenters. The van der Waals surface area contributed by atoms with Gasteiger partial charge in [-0.05, 0) is 45.4 Å². The maximum atomic E-state index is 12.8. The summed E-state index contributed by atoms with van der Waals surface area (Å²) in [5.74, 6) is 0.914. The van der Waals surface area contributed by atoms with E-state index in [-0.39, 0.29) is 17.3 Å². The summed E-state index contributed by atoms with van der Waals surface area (Å²) in [5, 5.41) is 22.6. The second-order valence-electron chi connectivity index (χ2n) is 7.39. The maximum absolute atomic E-state index is 12.8. The van der Waals surface area contributed by atoms with Gasteiger partial charge in [-0.2, -0.15) is 10.2 Å². The van der Waals surface area contributed by atoms with Gasteiger partial charge in [0.1, 0.15) is 17.9 Å². The van der Waals surface area contributed by atoms with Crippen molar-refractivity contribution in [2.24, 2.45) is 0 Å². The molecule has 1 amide bonds. The van der Waals surface area contributed by atoms with Crippen LogP contribution in [-0.2, 0) is 11.3 Å². The van der Waals surface area contributed by atoms with Crippen LogP contribution in [0.3, 0.4) is 0 Å². The van der Waals surface area contributed by atoms with Crippen molar-refractivity contribution in [1.29, 1.82) is 0 Å². The van der Waals surface area contributed by atoms with E-state index in [1.807, 2.05) is 25.1 Å². The summed E-state index contributed by atoms with van der Waals surface area (Å²) in [6.45, 7) is 7.31. The van der Waals surface area contributed by atoms with Gasteiger partial charge in [-0.25, -0.2) is 0 Å². The first-order valence-corrected chi connectivity index (χ1v) is 9.92. The zero-order valence-corrected chi connectivity index (χ0v) is 18.9. The number of rotatable bonds is 8. The van der Waals surface area contributed by atoms with Gasteiger partial charge < -0.3 is 14.8 Å². The van der Waals surface area contributed by atoms with Crippen LogP contribution in [0.1, 0.15) is 35.6 Å². The van der Waals surface area contributed by atoms with Gasteiger partial charge in [-0.1, -0.05) is 6.07 Å². The molecule has 0 radical (unpaired) electrons. The van der Waals surface area contributed by atoms with E-state index in [0.717, 1.165) is 11.3 Å². The molecule has 3 aromatic rings. The molecule has 0 bridgehead atoms. The van der Waals surface area contributed by atoms with Crippen molar-refractivity contribution in [2.75, 3.05) is 19.5 Å². The summed E-state index contributed by atoms with van der Waals surface area (Å²) in [6.07, 6.45) is 1.26. The first kappa shape index (κ1) is 22.8. The minimum Gasteiger partial charge on any atom is -0.493 e. The molecule has 0 saturated heterocycles. The quantitative estimate of drug-likeness (QED) is 0.419. The lowest BCUT2D eigenvalue weighted by atomic mass is 10.2. The standard InChI is InChI=1S/C21H26N6O5/c1-12-17(27(29)30)11-26(23-12)15(4)21(28)22-20-13(2)24-25(14(20)3)10-16-7-8-18(31-5)19(9-16)32-6/h7-9,11,15H,10H2,1-6H3,(H,22,28). The van der Waals surface area contributed by atoms with Crippen molar-refractivity contribution in [3.05, 3.63) is 57.2 Å². The Balaban J connectivity index is 1.79. The normalized spacial score (nSPS) is 11.8. The first-order chi connectivity index (χ1) is 15.2. The molecule has 1 unspecified atom stereocenters. The number of carbonyl (C=O) groups excluding carboxylic acids is 1. The Morgan fingerprint density at radius 3 is 2.44 bits per heavy atom. The molecule has 11 nitrogen and oxygen atoms in total. The Bertz CT molecular complexity index is 1170. The van der Waals surface area contributed by atoms with Gasteiger partial charge in [0.05, 0.1) is 42.8 Å². The van der Waals surface area contributed by atoms with Gasteiger partial charge in [0.15, 0.2) is 11.5 Å². The molecular weight excluding hydrogens is 416 g/mol. The third-order valence-corrected chi connectivity index (χ3v) is 5.27. The Kier molecular flexibility index (Phi) is 6.47. The summed E-state index contributed by atoms with van der Waals surface area (Å²) < 4.78 is 13.7. The van der Waals surface area contributed by atoms with E-state index < -0.39 is 11.0 Å². The van der Waals surface area contributed by atoms with Gasteiger partial charge >= 0.3 is 5.69 Å². The molecule has 2 aromatic heterocycles. The fourth-order valence-electron chi connectivity index (χ4n) is 3.38. The van der Waals surface area contributed by atoms with E-state index in [1.54, 1.807) is 32.7 Å². The second-order valence-corrected chi connectivity index (χ2v) is 7.39. The molecule has 170 valence electrons. The van der Waals surface area contributed by atoms with Crippen LogP contribution in [0.25, 0.3) is 0 Å². The van der Waals surface area contributed by atoms with Crippen LogP contribution in [0, 0.1) is 30.9 Å². The van der Waals surface area contributed by atoms with Crippen LogP contribution in [0.4, 0.5) is 11.4 Å². The van der Waals surface area contributed by atoms with Crippen LogP contribution < -0.4 is 14.8 Å². The minimum absolute atomic E-state index is 0.125. The summed E-state index contributed by atoms with van der Waals surface area (Å²) in [7, 11) is 3.16. The van der Waals surface area contributed by atoms with Crippen molar-refractivity contribution in [1.82, 2.24) is 19.6 Å². The number of benzene rings is 1. The van der Waals surface area contributed by atoms with Crippen LogP contribution in [-0.4, -0.2) is 44.6 Å². The third kappa shape index (κ3) is 4.41. The van der Waals surface area contributed by atoms with E-state index >= 15 is 0 Å². The number of nitrogens with one attached hydrogen (secondary N) is 1. The fraction of sp³-hybridized carbons (Fsp3) is 0.381. The Morgan fingerprint density at radius 1 is 1.16 bits per heavy atom. The number of anilines is 1. The highest BCUT2D eigenvalue weighted by atomic mass is 16.6. The Morgan fingerprint density at radius 2 is 1.84 bits per heavy atom. The van der Waals surface area contributed by atoms with E-state index in [9.17, 15) is 14.9 Å². The number of aromatic nitrogens is 4. The number of amides is 1. The number of carbonyl (C=O) groups is 1. The van der Waals surface area contributed by atoms with Gasteiger partial charge in [0.25, 0.3) is 0 Å². The lowest BCUT2D eigenvalue weighted by Crippen LogP contribution is -2.24. The second kappa shape index (κ2) is 9.08.